The fourth-order valence-corrected chi connectivity index (χ4v) is 9.16. The first-order valence-electron chi connectivity index (χ1n) is 17.4. The molecule has 48 heavy (non-hydrogen) atoms. The van der Waals surface area contributed by atoms with E-state index in [1.807, 2.05) is 18.3 Å². The van der Waals surface area contributed by atoms with E-state index in [9.17, 15) is 10.1 Å². The number of imidazole rings is 1. The molecule has 2 saturated carbocycles. The number of benzene rings is 1. The number of rotatable bonds is 8. The van der Waals surface area contributed by atoms with Crippen LogP contribution in [0, 0.1) is 29.1 Å². The third-order valence-corrected chi connectivity index (χ3v) is 12.0. The molecule has 1 amide bonds. The summed E-state index contributed by atoms with van der Waals surface area (Å²) in [6, 6.07) is 13.0. The molecule has 6 heterocycles. The second-order valence-electron chi connectivity index (χ2n) is 14.2. The highest BCUT2D eigenvalue weighted by Crippen LogP contribution is 2.42. The molecule has 1 aromatic carbocycles. The number of fused-ring (bicyclic) bond motifs is 4. The monoisotopic (exact) mass is 657 g/mol. The van der Waals surface area contributed by atoms with Gasteiger partial charge in [0.15, 0.2) is 11.5 Å². The van der Waals surface area contributed by atoms with Gasteiger partial charge in [0, 0.05) is 61.2 Å². The lowest BCUT2D eigenvalue weighted by atomic mass is 10.0. The van der Waals surface area contributed by atoms with Crippen molar-refractivity contribution in [1.82, 2.24) is 34.0 Å². The Balaban J connectivity index is 1.16. The molecule has 2 aliphatic carbocycles. The van der Waals surface area contributed by atoms with E-state index >= 15 is 0 Å². The van der Waals surface area contributed by atoms with Crippen LogP contribution in [0.25, 0.3) is 33.6 Å². The van der Waals surface area contributed by atoms with Gasteiger partial charge in [-0.1, -0.05) is 6.92 Å². The first-order chi connectivity index (χ1) is 23.5. The van der Waals surface area contributed by atoms with Crippen LogP contribution in [0.5, 0.6) is 0 Å². The second-order valence-corrected chi connectivity index (χ2v) is 14.8. The van der Waals surface area contributed by atoms with Crippen LogP contribution in [-0.4, -0.2) is 70.8 Å². The Hall–Kier alpha value is -4.43. The van der Waals surface area contributed by atoms with E-state index in [2.05, 4.69) is 60.1 Å². The zero-order valence-corrected chi connectivity index (χ0v) is 28.1. The van der Waals surface area contributed by atoms with Crippen LogP contribution in [0.2, 0.25) is 0 Å². The number of aryl methyl sites for hydroxylation is 1. The summed E-state index contributed by atoms with van der Waals surface area (Å²) in [6.07, 6.45) is 11.5. The van der Waals surface area contributed by atoms with E-state index in [1.54, 1.807) is 6.20 Å². The average molecular weight is 658 g/mol. The molecular weight excluding hydrogens is 619 g/mol. The number of anilines is 1. The highest BCUT2D eigenvalue weighted by molar-refractivity contribution is 7.81. The predicted octanol–water partition coefficient (Wildman–Crippen LogP) is 5.75. The molecule has 2 aliphatic heterocycles. The smallest absolute Gasteiger partial charge is 0.254 e. The van der Waals surface area contributed by atoms with Gasteiger partial charge in [0.1, 0.15) is 18.0 Å². The lowest BCUT2D eigenvalue weighted by Gasteiger charge is -2.27. The molecule has 244 valence electrons. The summed E-state index contributed by atoms with van der Waals surface area (Å²) in [5.74, 6) is 2.50. The number of nitriles is 1. The summed E-state index contributed by atoms with van der Waals surface area (Å²) >= 11 is 4.88. The molecule has 2 saturated heterocycles. The van der Waals surface area contributed by atoms with Crippen LogP contribution in [0.4, 0.5) is 5.69 Å². The molecule has 9 rings (SSSR count). The number of likely N-dealkylation sites (tertiary alicyclic amines) is 1. The molecule has 3 unspecified atom stereocenters. The Morgan fingerprint density at radius 3 is 2.69 bits per heavy atom. The highest BCUT2D eigenvalue weighted by atomic mass is 32.1. The van der Waals surface area contributed by atoms with Crippen molar-refractivity contribution < 1.29 is 4.79 Å². The summed E-state index contributed by atoms with van der Waals surface area (Å²) in [6.45, 7) is 6.30. The highest BCUT2D eigenvalue weighted by Gasteiger charge is 2.47. The van der Waals surface area contributed by atoms with E-state index in [4.69, 9.17) is 22.6 Å². The topological polar surface area (TPSA) is 109 Å². The molecule has 4 fully saturated rings. The first-order valence-corrected chi connectivity index (χ1v) is 17.9. The first kappa shape index (κ1) is 29.7. The van der Waals surface area contributed by atoms with Crippen LogP contribution >= 0.6 is 12.6 Å². The number of hydrogen-bond acceptors (Lipinski definition) is 8. The standard InChI is InChI=1S/C37H39N9OS/c1-2-24-12-27(37(47)45-20-26-7-8-30(45)34(26)48)13-28-33(24)46(19-23-9-11-43(17-23)32-16-39-21-41-29(32)15-38)36(42-28)31-14-25-4-3-10-40-35(25)44(31)18-22-5-6-22/h3-4,10,12-14,16,21-23,26,30,34,48H,2,5-9,11,17-20H2,1H3/t23-,26?,30?,34?/m0/s1. The van der Waals surface area contributed by atoms with E-state index in [1.165, 1.54) is 19.2 Å². The summed E-state index contributed by atoms with van der Waals surface area (Å²) < 4.78 is 4.79. The molecule has 0 N–H and O–H groups in total. The van der Waals surface area contributed by atoms with Crippen LogP contribution in [0.1, 0.15) is 60.6 Å². The number of amides is 1. The maximum atomic E-state index is 14.1. The van der Waals surface area contributed by atoms with Gasteiger partial charge in [0.05, 0.1) is 28.6 Å². The summed E-state index contributed by atoms with van der Waals surface area (Å²) in [4.78, 5) is 37.0. The number of carbonyl (C=O) groups is 1. The molecule has 10 nitrogen and oxygen atoms in total. The Bertz CT molecular complexity index is 2110. The fraction of sp³-hybridized carbons (Fsp3) is 0.459. The zero-order chi connectivity index (χ0) is 32.5. The largest absolute Gasteiger partial charge is 0.368 e. The number of aromatic nitrogens is 6. The molecule has 2 bridgehead atoms. The summed E-state index contributed by atoms with van der Waals surface area (Å²) in [5.41, 5.74) is 7.13. The number of hydrogen-bond donors (Lipinski definition) is 1. The van der Waals surface area contributed by atoms with Crippen LogP contribution in [0.15, 0.2) is 49.1 Å². The molecule has 4 atom stereocenters. The fourth-order valence-electron chi connectivity index (χ4n) is 8.60. The minimum atomic E-state index is 0.103. The van der Waals surface area contributed by atoms with Crippen molar-refractivity contribution in [2.45, 2.75) is 69.8 Å². The SMILES string of the molecule is CCc1cc(C(=O)N2CC3CCC2C3S)cc2nc(-c3cc4cccnc4n3CC3CC3)n(C[C@H]3CCN(c4cncnc4C#N)C3)c12. The van der Waals surface area contributed by atoms with Gasteiger partial charge in [0.2, 0.25) is 0 Å². The van der Waals surface area contributed by atoms with Crippen molar-refractivity contribution in [2.75, 3.05) is 24.5 Å². The van der Waals surface area contributed by atoms with Crippen molar-refractivity contribution in [1.29, 1.82) is 5.26 Å². The molecule has 4 aromatic heterocycles. The van der Waals surface area contributed by atoms with Crippen molar-refractivity contribution >= 4 is 46.3 Å². The van der Waals surface area contributed by atoms with Crippen molar-refractivity contribution in [3.05, 3.63) is 65.9 Å². The lowest BCUT2D eigenvalue weighted by Crippen LogP contribution is -2.38. The Morgan fingerprint density at radius 2 is 1.92 bits per heavy atom. The number of piperidine rings is 1. The second kappa shape index (κ2) is 11.6. The minimum absolute atomic E-state index is 0.103. The van der Waals surface area contributed by atoms with Gasteiger partial charge in [-0.3, -0.25) is 4.79 Å². The van der Waals surface area contributed by atoms with Crippen LogP contribution < -0.4 is 4.90 Å². The van der Waals surface area contributed by atoms with E-state index in [-0.39, 0.29) is 17.2 Å². The van der Waals surface area contributed by atoms with Crippen LogP contribution in [-0.2, 0) is 19.5 Å². The van der Waals surface area contributed by atoms with Gasteiger partial charge in [-0.05, 0) is 92.2 Å². The predicted molar refractivity (Wildman–Crippen MR) is 188 cm³/mol. The van der Waals surface area contributed by atoms with E-state index in [0.29, 0.717) is 23.4 Å². The lowest BCUT2D eigenvalue weighted by molar-refractivity contribution is 0.0704. The Morgan fingerprint density at radius 1 is 1.04 bits per heavy atom. The van der Waals surface area contributed by atoms with Crippen molar-refractivity contribution in [3.63, 3.8) is 0 Å². The van der Waals surface area contributed by atoms with Gasteiger partial charge in [0.25, 0.3) is 5.91 Å². The molecule has 0 spiro atoms. The number of pyridine rings is 1. The van der Waals surface area contributed by atoms with E-state index in [0.717, 1.165) is 109 Å². The van der Waals surface area contributed by atoms with Crippen molar-refractivity contribution in [3.8, 4) is 17.6 Å². The number of carbonyl (C=O) groups excluding carboxylic acids is 1. The summed E-state index contributed by atoms with van der Waals surface area (Å²) in [5, 5.41) is 11.1. The number of nitrogens with zero attached hydrogens (tertiary/aromatic N) is 9. The third-order valence-electron chi connectivity index (χ3n) is 11.2. The van der Waals surface area contributed by atoms with Crippen LogP contribution in [0.3, 0.4) is 0 Å². The third kappa shape index (κ3) is 4.87. The Labute approximate surface area is 285 Å². The van der Waals surface area contributed by atoms with Gasteiger partial charge in [-0.2, -0.15) is 17.9 Å². The molecule has 0 radical (unpaired) electrons. The van der Waals surface area contributed by atoms with Crippen molar-refractivity contribution in [2.24, 2.45) is 17.8 Å². The molecular formula is C37H39N9OS. The maximum absolute atomic E-state index is 14.1. The Kier molecular flexibility index (Phi) is 7.19. The maximum Gasteiger partial charge on any atom is 0.254 e. The quantitative estimate of drug-likeness (QED) is 0.212. The summed E-state index contributed by atoms with van der Waals surface area (Å²) in [7, 11) is 0. The molecule has 11 heteroatoms. The van der Waals surface area contributed by atoms with Gasteiger partial charge >= 0.3 is 0 Å². The number of thiol groups is 1. The van der Waals surface area contributed by atoms with E-state index < -0.39 is 0 Å². The molecule has 5 aromatic rings. The van der Waals surface area contributed by atoms with Gasteiger partial charge in [-0.15, -0.1) is 0 Å². The zero-order valence-electron chi connectivity index (χ0n) is 27.2. The normalized spacial score (nSPS) is 23.5. The average Bonchev–Trinajstić information content (AvgIpc) is 3.42. The molecule has 4 aliphatic rings. The van der Waals surface area contributed by atoms with Gasteiger partial charge < -0.3 is 18.9 Å². The van der Waals surface area contributed by atoms with Gasteiger partial charge in [-0.25, -0.2) is 19.9 Å². The minimum Gasteiger partial charge on any atom is -0.368 e.